The molecule has 0 bridgehead atoms. The van der Waals surface area contributed by atoms with Crippen molar-refractivity contribution in [3.05, 3.63) is 29.8 Å². The van der Waals surface area contributed by atoms with E-state index in [1.165, 1.54) is 12.1 Å². The van der Waals surface area contributed by atoms with Crippen molar-refractivity contribution < 1.29 is 17.9 Å². The average molecular weight is 302 g/mol. The van der Waals surface area contributed by atoms with Crippen molar-refractivity contribution in [3.8, 4) is 5.75 Å². The third-order valence-electron chi connectivity index (χ3n) is 3.64. The molecular weight excluding hydrogens is 281 g/mol. The molecule has 0 unspecified atom stereocenters. The Morgan fingerprint density at radius 1 is 1.19 bits per heavy atom. The van der Waals surface area contributed by atoms with E-state index in [9.17, 15) is 13.2 Å². The lowest BCUT2D eigenvalue weighted by atomic mass is 10.0. The number of hydrogen-bond donors (Lipinski definition) is 1. The quantitative estimate of drug-likeness (QED) is 0.904. The third-order valence-corrected chi connectivity index (χ3v) is 3.64. The minimum absolute atomic E-state index is 0.169. The summed E-state index contributed by atoms with van der Waals surface area (Å²) >= 11 is 0. The van der Waals surface area contributed by atoms with Crippen molar-refractivity contribution in [1.29, 1.82) is 0 Å². The molecule has 2 rings (SSSR count). The molecule has 0 atom stereocenters. The predicted molar refractivity (Wildman–Crippen MR) is 75.1 cm³/mol. The topological polar surface area (TPSA) is 24.5 Å². The van der Waals surface area contributed by atoms with Gasteiger partial charge in [0, 0.05) is 12.6 Å². The normalized spacial score (nSPS) is 17.9. The van der Waals surface area contributed by atoms with E-state index >= 15 is 0 Å². The summed E-state index contributed by atoms with van der Waals surface area (Å²) in [7, 11) is 0. The maximum atomic E-state index is 12.1. The Morgan fingerprint density at radius 2 is 1.81 bits per heavy atom. The lowest BCUT2D eigenvalue weighted by Crippen LogP contribution is -2.42. The van der Waals surface area contributed by atoms with E-state index in [0.717, 1.165) is 44.6 Å². The molecule has 118 valence electrons. The number of rotatable bonds is 5. The van der Waals surface area contributed by atoms with Gasteiger partial charge in [-0.1, -0.05) is 19.1 Å². The van der Waals surface area contributed by atoms with Gasteiger partial charge in [0.15, 0.2) is 0 Å². The van der Waals surface area contributed by atoms with E-state index in [4.69, 9.17) is 0 Å². The van der Waals surface area contributed by atoms with E-state index in [0.29, 0.717) is 6.04 Å². The smallest absolute Gasteiger partial charge is 0.406 e. The summed E-state index contributed by atoms with van der Waals surface area (Å²) in [4.78, 5) is 2.33. The summed E-state index contributed by atoms with van der Waals surface area (Å²) in [5, 5.41) is 3.45. The number of hydrogen-bond acceptors (Lipinski definition) is 3. The van der Waals surface area contributed by atoms with E-state index < -0.39 is 6.36 Å². The lowest BCUT2D eigenvalue weighted by Gasteiger charge is -2.32. The maximum absolute atomic E-state index is 12.1. The number of likely N-dealkylation sites (tertiary alicyclic amines) is 1. The first-order chi connectivity index (χ1) is 9.96. The van der Waals surface area contributed by atoms with Gasteiger partial charge in [0.25, 0.3) is 0 Å². The van der Waals surface area contributed by atoms with Crippen LogP contribution >= 0.6 is 0 Å². The van der Waals surface area contributed by atoms with Crippen molar-refractivity contribution >= 4 is 0 Å². The number of benzene rings is 1. The predicted octanol–water partition coefficient (Wildman–Crippen LogP) is 3.16. The van der Waals surface area contributed by atoms with E-state index in [-0.39, 0.29) is 5.75 Å². The van der Waals surface area contributed by atoms with Crippen molar-refractivity contribution in [3.63, 3.8) is 0 Å². The Balaban J connectivity index is 1.81. The van der Waals surface area contributed by atoms with Gasteiger partial charge in [-0.15, -0.1) is 13.2 Å². The molecule has 6 heteroatoms. The second-order valence-electron chi connectivity index (χ2n) is 5.30. The van der Waals surface area contributed by atoms with E-state index in [2.05, 4.69) is 21.9 Å². The second-order valence-corrected chi connectivity index (χ2v) is 5.30. The summed E-state index contributed by atoms with van der Waals surface area (Å²) in [6.07, 6.45) is -2.40. The highest BCUT2D eigenvalue weighted by molar-refractivity contribution is 5.27. The molecular formula is C15H21F3N2O. The molecule has 1 aliphatic rings. The zero-order valence-electron chi connectivity index (χ0n) is 12.1. The fourth-order valence-corrected chi connectivity index (χ4v) is 2.64. The molecule has 1 aromatic rings. The average Bonchev–Trinajstić information content (AvgIpc) is 2.42. The van der Waals surface area contributed by atoms with Crippen LogP contribution in [0.4, 0.5) is 13.2 Å². The molecule has 1 aromatic carbocycles. The Hall–Kier alpha value is -1.27. The van der Waals surface area contributed by atoms with Crippen LogP contribution < -0.4 is 10.1 Å². The molecule has 1 fully saturated rings. The van der Waals surface area contributed by atoms with Crippen LogP contribution in [-0.4, -0.2) is 36.9 Å². The largest absolute Gasteiger partial charge is 0.573 e. The molecule has 0 spiro atoms. The second kappa shape index (κ2) is 7.13. The summed E-state index contributed by atoms with van der Waals surface area (Å²) in [6.45, 7) is 5.89. The summed E-state index contributed by atoms with van der Waals surface area (Å²) in [6, 6.07) is 6.71. The van der Waals surface area contributed by atoms with Crippen molar-refractivity contribution in [1.82, 2.24) is 10.2 Å². The standard InChI is InChI=1S/C15H21F3N2O/c1-2-19-13-7-9-20(10-8-13)11-12-3-5-14(6-4-12)21-15(16,17)18/h3-6,13,19H,2,7-11H2,1H3. The molecule has 1 aliphatic heterocycles. The molecule has 0 saturated carbocycles. The van der Waals surface area contributed by atoms with Gasteiger partial charge >= 0.3 is 6.36 Å². The molecule has 21 heavy (non-hydrogen) atoms. The number of piperidine rings is 1. The van der Waals surface area contributed by atoms with Gasteiger partial charge in [-0.25, -0.2) is 0 Å². The Bertz CT molecular complexity index is 426. The van der Waals surface area contributed by atoms with Gasteiger partial charge < -0.3 is 10.1 Å². The molecule has 3 nitrogen and oxygen atoms in total. The van der Waals surface area contributed by atoms with Gasteiger partial charge in [0.05, 0.1) is 0 Å². The molecule has 0 aromatic heterocycles. The molecule has 1 heterocycles. The SMILES string of the molecule is CCNC1CCN(Cc2ccc(OC(F)(F)F)cc2)CC1. The van der Waals surface area contributed by atoms with Gasteiger partial charge in [0.1, 0.15) is 5.75 Å². The Labute approximate surface area is 123 Å². The van der Waals surface area contributed by atoms with Gasteiger partial charge in [-0.3, -0.25) is 4.90 Å². The summed E-state index contributed by atoms with van der Waals surface area (Å²) in [5.74, 6) is -0.169. The molecule has 1 N–H and O–H groups in total. The highest BCUT2D eigenvalue weighted by Crippen LogP contribution is 2.23. The first kappa shape index (κ1) is 16.1. The minimum atomic E-state index is -4.63. The van der Waals surface area contributed by atoms with E-state index in [1.54, 1.807) is 12.1 Å². The first-order valence-electron chi connectivity index (χ1n) is 7.26. The van der Waals surface area contributed by atoms with Crippen LogP contribution in [0.3, 0.4) is 0 Å². The highest BCUT2D eigenvalue weighted by atomic mass is 19.4. The fourth-order valence-electron chi connectivity index (χ4n) is 2.64. The molecule has 0 radical (unpaired) electrons. The summed E-state index contributed by atoms with van der Waals surface area (Å²) in [5.41, 5.74) is 1.01. The number of halogens is 3. The number of nitrogens with zero attached hydrogens (tertiary/aromatic N) is 1. The zero-order chi connectivity index (χ0) is 15.3. The summed E-state index contributed by atoms with van der Waals surface area (Å²) < 4.78 is 40.1. The van der Waals surface area contributed by atoms with E-state index in [1.807, 2.05) is 0 Å². The van der Waals surface area contributed by atoms with Gasteiger partial charge in [-0.05, 0) is 50.2 Å². The van der Waals surface area contributed by atoms with Crippen LogP contribution in [0.1, 0.15) is 25.3 Å². The van der Waals surface area contributed by atoms with Crippen LogP contribution in [0.15, 0.2) is 24.3 Å². The van der Waals surface area contributed by atoms with Crippen LogP contribution in [0.25, 0.3) is 0 Å². The molecule has 1 saturated heterocycles. The Kier molecular flexibility index (Phi) is 5.47. The number of ether oxygens (including phenoxy) is 1. The van der Waals surface area contributed by atoms with Crippen LogP contribution in [0.2, 0.25) is 0 Å². The Morgan fingerprint density at radius 3 is 2.33 bits per heavy atom. The first-order valence-corrected chi connectivity index (χ1v) is 7.26. The molecule has 0 amide bonds. The minimum Gasteiger partial charge on any atom is -0.406 e. The number of alkyl halides is 3. The van der Waals surface area contributed by atoms with Gasteiger partial charge in [0.2, 0.25) is 0 Å². The number of nitrogens with one attached hydrogen (secondary N) is 1. The van der Waals surface area contributed by atoms with Crippen molar-refractivity contribution in [2.24, 2.45) is 0 Å². The highest BCUT2D eigenvalue weighted by Gasteiger charge is 2.31. The lowest BCUT2D eigenvalue weighted by molar-refractivity contribution is -0.274. The third kappa shape index (κ3) is 5.55. The van der Waals surface area contributed by atoms with Crippen molar-refractivity contribution in [2.45, 2.75) is 38.7 Å². The van der Waals surface area contributed by atoms with Crippen LogP contribution in [0.5, 0.6) is 5.75 Å². The molecule has 0 aliphatic carbocycles. The maximum Gasteiger partial charge on any atom is 0.573 e. The fraction of sp³-hybridized carbons (Fsp3) is 0.600. The van der Waals surface area contributed by atoms with Crippen molar-refractivity contribution in [2.75, 3.05) is 19.6 Å². The van der Waals surface area contributed by atoms with Gasteiger partial charge in [-0.2, -0.15) is 0 Å². The van der Waals surface area contributed by atoms with Crippen LogP contribution in [0, 0.1) is 0 Å². The monoisotopic (exact) mass is 302 g/mol. The zero-order valence-corrected chi connectivity index (χ0v) is 12.1. The van der Waals surface area contributed by atoms with Crippen LogP contribution in [-0.2, 0) is 6.54 Å².